The van der Waals surface area contributed by atoms with E-state index in [1.165, 1.54) is 5.56 Å². The van der Waals surface area contributed by atoms with E-state index in [2.05, 4.69) is 78.2 Å². The number of rotatable bonds is 4. The van der Waals surface area contributed by atoms with Crippen LogP contribution in [-0.2, 0) is 6.54 Å². The summed E-state index contributed by atoms with van der Waals surface area (Å²) in [5, 5.41) is 3.42. The number of methoxy groups -OCH3 is 1. The van der Waals surface area contributed by atoms with Crippen molar-refractivity contribution in [1.29, 1.82) is 0 Å². The van der Waals surface area contributed by atoms with Gasteiger partial charge in [0, 0.05) is 26.7 Å². The molecule has 2 rings (SSSR count). The lowest BCUT2D eigenvalue weighted by atomic mass is 10.2. The minimum absolute atomic E-state index is 0.697. The molecule has 2 aromatic carbocycles. The van der Waals surface area contributed by atoms with Gasteiger partial charge in [0.15, 0.2) is 0 Å². The number of anilines is 1. The van der Waals surface area contributed by atoms with Crippen LogP contribution in [0.1, 0.15) is 11.1 Å². The minimum Gasteiger partial charge on any atom is -0.495 e. The molecule has 1 N–H and O–H groups in total. The maximum Gasteiger partial charge on any atom is 0.138 e. The van der Waals surface area contributed by atoms with Crippen LogP contribution in [-0.4, -0.2) is 7.11 Å². The van der Waals surface area contributed by atoms with Crippen LogP contribution >= 0.6 is 47.8 Å². The number of ether oxygens (including phenoxy) is 1. The lowest BCUT2D eigenvalue weighted by Crippen LogP contribution is -2.02. The number of hydrogen-bond donors (Lipinski definition) is 1. The zero-order valence-corrected chi connectivity index (χ0v) is 15.9. The summed E-state index contributed by atoms with van der Waals surface area (Å²) in [4.78, 5) is 0. The van der Waals surface area contributed by atoms with E-state index in [0.29, 0.717) is 6.54 Å². The Hall–Kier alpha value is -0.520. The normalized spacial score (nSPS) is 10.4. The Kier molecular flexibility index (Phi) is 5.52. The van der Waals surface area contributed by atoms with Crippen molar-refractivity contribution < 1.29 is 4.74 Å². The molecule has 0 aromatic heterocycles. The molecule has 106 valence electrons. The Morgan fingerprint density at radius 2 is 1.80 bits per heavy atom. The van der Waals surface area contributed by atoms with Gasteiger partial charge in [-0.2, -0.15) is 0 Å². The first kappa shape index (κ1) is 15.9. The summed E-state index contributed by atoms with van der Waals surface area (Å²) in [5.74, 6) is 0.856. The summed E-state index contributed by atoms with van der Waals surface area (Å²) in [7, 11) is 1.68. The van der Waals surface area contributed by atoms with Crippen molar-refractivity contribution in [3.63, 3.8) is 0 Å². The molecule has 0 aliphatic carbocycles. The van der Waals surface area contributed by atoms with Crippen molar-refractivity contribution in [2.45, 2.75) is 13.5 Å². The van der Waals surface area contributed by atoms with Crippen molar-refractivity contribution in [2.24, 2.45) is 0 Å². The topological polar surface area (TPSA) is 21.3 Å². The molecule has 20 heavy (non-hydrogen) atoms. The molecular formula is C15H14Br3NO. The van der Waals surface area contributed by atoms with Crippen molar-refractivity contribution >= 4 is 53.5 Å². The third-order valence-electron chi connectivity index (χ3n) is 2.93. The van der Waals surface area contributed by atoms with E-state index < -0.39 is 0 Å². The summed E-state index contributed by atoms with van der Waals surface area (Å²) in [6.45, 7) is 2.77. The third kappa shape index (κ3) is 3.77. The zero-order valence-electron chi connectivity index (χ0n) is 11.1. The van der Waals surface area contributed by atoms with Crippen LogP contribution in [0.3, 0.4) is 0 Å². The fourth-order valence-corrected chi connectivity index (χ4v) is 3.65. The summed E-state index contributed by atoms with van der Waals surface area (Å²) >= 11 is 10.5. The molecule has 0 spiro atoms. The van der Waals surface area contributed by atoms with Gasteiger partial charge < -0.3 is 10.1 Å². The number of aryl methyl sites for hydroxylation is 1. The van der Waals surface area contributed by atoms with Gasteiger partial charge in [-0.05, 0) is 58.7 Å². The molecule has 5 heteroatoms. The van der Waals surface area contributed by atoms with E-state index in [1.807, 2.05) is 12.1 Å². The van der Waals surface area contributed by atoms with E-state index in [0.717, 1.165) is 30.4 Å². The van der Waals surface area contributed by atoms with Crippen LogP contribution in [0, 0.1) is 6.92 Å². The lowest BCUT2D eigenvalue weighted by molar-refractivity contribution is 0.407. The quantitative estimate of drug-likeness (QED) is 0.609. The first-order valence-corrected chi connectivity index (χ1v) is 8.41. The molecule has 0 atom stereocenters. The van der Waals surface area contributed by atoms with Gasteiger partial charge in [-0.15, -0.1) is 0 Å². The van der Waals surface area contributed by atoms with E-state index in [4.69, 9.17) is 4.74 Å². The standard InChI is InChI=1S/C15H14Br3NO/c1-9-5-12(3-4-13(9)17)19-8-10-6-11(16)7-14(18)15(10)20-2/h3-7,19H,8H2,1-2H3. The fraction of sp³-hybridized carbons (Fsp3) is 0.200. The second kappa shape index (κ2) is 6.96. The molecule has 2 aromatic rings. The molecule has 0 saturated heterocycles. The first-order valence-electron chi connectivity index (χ1n) is 6.03. The number of halogens is 3. The molecule has 0 radical (unpaired) electrons. The SMILES string of the molecule is COc1c(Br)cc(Br)cc1CNc1ccc(Br)c(C)c1. The predicted molar refractivity (Wildman–Crippen MR) is 94.6 cm³/mol. The van der Waals surface area contributed by atoms with Gasteiger partial charge in [0.05, 0.1) is 11.6 Å². The van der Waals surface area contributed by atoms with Crippen LogP contribution in [0.4, 0.5) is 5.69 Å². The average Bonchev–Trinajstić information content (AvgIpc) is 2.39. The molecule has 0 unspecified atom stereocenters. The Morgan fingerprint density at radius 3 is 2.45 bits per heavy atom. The monoisotopic (exact) mass is 461 g/mol. The molecule has 2 nitrogen and oxygen atoms in total. The summed E-state index contributed by atoms with van der Waals surface area (Å²) in [6, 6.07) is 10.3. The third-order valence-corrected chi connectivity index (χ3v) is 4.87. The Morgan fingerprint density at radius 1 is 1.05 bits per heavy atom. The van der Waals surface area contributed by atoms with Crippen molar-refractivity contribution in [2.75, 3.05) is 12.4 Å². The van der Waals surface area contributed by atoms with Crippen molar-refractivity contribution in [1.82, 2.24) is 0 Å². The van der Waals surface area contributed by atoms with Crippen molar-refractivity contribution in [3.05, 3.63) is 54.9 Å². The molecule has 0 bridgehead atoms. The highest BCUT2D eigenvalue weighted by molar-refractivity contribution is 9.11. The lowest BCUT2D eigenvalue weighted by Gasteiger charge is -2.13. The summed E-state index contributed by atoms with van der Waals surface area (Å²) in [6.07, 6.45) is 0. The summed E-state index contributed by atoms with van der Waals surface area (Å²) < 4.78 is 8.53. The van der Waals surface area contributed by atoms with E-state index in [-0.39, 0.29) is 0 Å². The maximum absolute atomic E-state index is 5.45. The second-order valence-electron chi connectivity index (χ2n) is 4.40. The Balaban J connectivity index is 2.20. The largest absolute Gasteiger partial charge is 0.495 e. The fourth-order valence-electron chi connectivity index (χ4n) is 1.93. The van der Waals surface area contributed by atoms with E-state index in [9.17, 15) is 0 Å². The molecule has 0 aliphatic heterocycles. The molecular weight excluding hydrogens is 450 g/mol. The molecule has 0 heterocycles. The minimum atomic E-state index is 0.697. The van der Waals surface area contributed by atoms with Gasteiger partial charge in [-0.25, -0.2) is 0 Å². The number of benzene rings is 2. The highest BCUT2D eigenvalue weighted by Gasteiger charge is 2.09. The van der Waals surface area contributed by atoms with Gasteiger partial charge in [0.2, 0.25) is 0 Å². The molecule has 0 saturated carbocycles. The van der Waals surface area contributed by atoms with Gasteiger partial charge in [0.25, 0.3) is 0 Å². The highest BCUT2D eigenvalue weighted by Crippen LogP contribution is 2.33. The summed E-state index contributed by atoms with van der Waals surface area (Å²) in [5.41, 5.74) is 3.38. The Labute approximate surface area is 144 Å². The van der Waals surface area contributed by atoms with Crippen molar-refractivity contribution in [3.8, 4) is 5.75 Å². The van der Waals surface area contributed by atoms with Crippen LogP contribution in [0.15, 0.2) is 43.7 Å². The first-order chi connectivity index (χ1) is 9.51. The predicted octanol–water partition coefficient (Wildman–Crippen LogP) is 5.90. The number of hydrogen-bond acceptors (Lipinski definition) is 2. The van der Waals surface area contributed by atoms with Crippen LogP contribution in [0.2, 0.25) is 0 Å². The molecule has 0 amide bonds. The van der Waals surface area contributed by atoms with Crippen LogP contribution in [0.25, 0.3) is 0 Å². The van der Waals surface area contributed by atoms with Crippen LogP contribution in [0.5, 0.6) is 5.75 Å². The zero-order chi connectivity index (χ0) is 14.7. The number of nitrogens with one attached hydrogen (secondary N) is 1. The van der Waals surface area contributed by atoms with Gasteiger partial charge >= 0.3 is 0 Å². The van der Waals surface area contributed by atoms with Crippen LogP contribution < -0.4 is 10.1 Å². The van der Waals surface area contributed by atoms with E-state index in [1.54, 1.807) is 7.11 Å². The second-order valence-corrected chi connectivity index (χ2v) is 7.02. The van der Waals surface area contributed by atoms with Gasteiger partial charge in [-0.1, -0.05) is 31.9 Å². The van der Waals surface area contributed by atoms with Gasteiger partial charge in [-0.3, -0.25) is 0 Å². The van der Waals surface area contributed by atoms with Gasteiger partial charge in [0.1, 0.15) is 5.75 Å². The molecule has 0 aliphatic rings. The average molecular weight is 464 g/mol. The Bertz CT molecular complexity index is 629. The smallest absolute Gasteiger partial charge is 0.138 e. The highest BCUT2D eigenvalue weighted by atomic mass is 79.9. The maximum atomic E-state index is 5.45. The molecule has 0 fully saturated rings. The van der Waals surface area contributed by atoms with E-state index >= 15 is 0 Å².